The lowest BCUT2D eigenvalue weighted by molar-refractivity contribution is -0.150. The Morgan fingerprint density at radius 3 is 2.04 bits per heavy atom. The lowest BCUT2D eigenvalue weighted by atomic mass is 9.75. The van der Waals surface area contributed by atoms with Crippen LogP contribution >= 0.6 is 0 Å². The fourth-order valence-corrected chi connectivity index (χ4v) is 12.1. The summed E-state index contributed by atoms with van der Waals surface area (Å²) in [6.45, 7) is 30.4. The van der Waals surface area contributed by atoms with Gasteiger partial charge in [0.05, 0.1) is 38.1 Å². The van der Waals surface area contributed by atoms with Crippen molar-refractivity contribution in [2.75, 3.05) is 27.3 Å². The van der Waals surface area contributed by atoms with E-state index in [4.69, 9.17) is 9.47 Å². The number of allylic oxidation sites excluding steroid dienone is 4. The van der Waals surface area contributed by atoms with Crippen LogP contribution in [-0.2, 0) is 38.2 Å². The number of Topliss-reactive ketones (excluding diaryl/α,β-unsaturated/α-hetero) is 2. The van der Waals surface area contributed by atoms with Crippen LogP contribution in [0.3, 0.4) is 0 Å². The van der Waals surface area contributed by atoms with Gasteiger partial charge in [-0.25, -0.2) is 0 Å². The zero-order chi connectivity index (χ0) is 50.1. The Kier molecular flexibility index (Phi) is 19.9. The topological polar surface area (TPSA) is 127 Å². The molecule has 2 aliphatic carbocycles. The number of hydrogen-bond donors (Lipinski definition) is 0. The van der Waals surface area contributed by atoms with Crippen LogP contribution in [0, 0.1) is 69.0 Å². The van der Waals surface area contributed by atoms with Gasteiger partial charge in [-0.2, -0.15) is 0 Å². The number of amides is 2. The van der Waals surface area contributed by atoms with Crippen LogP contribution in [0.5, 0.6) is 0 Å². The Labute approximate surface area is 406 Å². The molecule has 5 rings (SSSR count). The number of nitrogens with zero attached hydrogens (tertiary/aromatic N) is 2. The van der Waals surface area contributed by atoms with Crippen molar-refractivity contribution in [3.63, 3.8) is 0 Å². The molecule has 2 saturated heterocycles. The molecular formula is C57H92N2O8. The second-order valence-electron chi connectivity index (χ2n) is 23.7. The Morgan fingerprint density at radius 2 is 1.43 bits per heavy atom. The molecule has 0 N–H and O–H groups in total. The highest BCUT2D eigenvalue weighted by atomic mass is 16.5. The molecule has 2 amide bonds. The van der Waals surface area contributed by atoms with E-state index in [2.05, 4.69) is 80.7 Å². The fraction of sp³-hybridized carbons (Fsp3) is 0.789. The maximum atomic E-state index is 13.7. The average Bonchev–Trinajstić information content (AvgIpc) is 3.73. The first-order valence-electron chi connectivity index (χ1n) is 26.1. The van der Waals surface area contributed by atoms with Crippen LogP contribution in [0.4, 0.5) is 0 Å². The third kappa shape index (κ3) is 13.4. The first-order chi connectivity index (χ1) is 31.5. The summed E-state index contributed by atoms with van der Waals surface area (Å²) in [6.07, 6.45) is 22.6. The molecule has 67 heavy (non-hydrogen) atoms. The number of likely N-dealkylation sites (tertiary alicyclic amines) is 1. The highest BCUT2D eigenvalue weighted by Gasteiger charge is 2.70. The van der Waals surface area contributed by atoms with Crippen molar-refractivity contribution in [3.05, 3.63) is 37.5 Å². The van der Waals surface area contributed by atoms with Crippen LogP contribution in [0.15, 0.2) is 37.5 Å². The molecule has 4 fully saturated rings. The van der Waals surface area contributed by atoms with E-state index in [-0.39, 0.29) is 93.5 Å². The SMILES string of the molecule is C=CCCCC[C@H](CC(=O)[C@@H]1[C@@H]2C(CN1C(=O)[C@@H](C)C(C)(C)CCCCC=C)C2(C)C)C(=O)OC.COC(=O)[C@@H]1CCCCC=CCCCC(C)(C)[C@H](C)C(=O)N2CC3[C@@H]([C@H]2C(=O)C1)C3(C)C. The van der Waals surface area contributed by atoms with E-state index in [9.17, 15) is 28.8 Å². The van der Waals surface area contributed by atoms with Crippen molar-refractivity contribution in [2.24, 2.45) is 69.0 Å². The molecule has 10 nitrogen and oxygen atoms in total. The Balaban J connectivity index is 0.000000293. The fourth-order valence-electron chi connectivity index (χ4n) is 12.1. The van der Waals surface area contributed by atoms with Gasteiger partial charge in [-0.15, -0.1) is 13.2 Å². The van der Waals surface area contributed by atoms with Gasteiger partial charge in [-0.3, -0.25) is 28.8 Å². The second kappa shape index (κ2) is 23.8. The normalized spacial score (nSPS) is 29.7. The molecule has 3 aliphatic heterocycles. The molecule has 10 heteroatoms. The Morgan fingerprint density at radius 1 is 0.836 bits per heavy atom. The lowest BCUT2D eigenvalue weighted by Crippen LogP contribution is -2.50. The first-order valence-corrected chi connectivity index (χ1v) is 26.1. The second-order valence-corrected chi connectivity index (χ2v) is 23.7. The summed E-state index contributed by atoms with van der Waals surface area (Å²) in [7, 11) is 2.78. The molecule has 0 radical (unpaired) electrons. The van der Waals surface area contributed by atoms with E-state index in [1.165, 1.54) is 14.2 Å². The summed E-state index contributed by atoms with van der Waals surface area (Å²) >= 11 is 0. The smallest absolute Gasteiger partial charge is 0.309 e. The summed E-state index contributed by atoms with van der Waals surface area (Å²) in [6, 6.07) is -0.827. The van der Waals surface area contributed by atoms with E-state index >= 15 is 0 Å². The number of esters is 2. The molecule has 0 bridgehead atoms. The number of ether oxygens (including phenoxy) is 2. The molecule has 5 aliphatic rings. The molecule has 0 aromatic carbocycles. The zero-order valence-corrected chi connectivity index (χ0v) is 44.1. The summed E-state index contributed by atoms with van der Waals surface area (Å²) < 4.78 is 10.1. The standard InChI is InChI=1S/C30H49NO4.C27H43NO4/c1-9-11-13-15-17-22(28(34)35-8)19-24(32)26-25-23(30(25,6)7)20-31(26)27(33)21(3)29(4,5)18-16-14-12-10-2;1-18-24(30)28-17-20-22(27(20,4)5)23(28)21(29)16-19(25(31)32-6)14-12-10-8-7-9-11-13-15-26(18,2)3/h9-10,21-23,25-26H,1-2,11-20H2,3-8H3;7,9,18-20,22-23H,8,10-17H2,1-6H3/t21-,22-,23?,25+,26-;18-,19-,20?,22+,23-/m11/s1. The molecular weight excluding hydrogens is 841 g/mol. The van der Waals surface area contributed by atoms with Gasteiger partial charge in [0.25, 0.3) is 0 Å². The largest absolute Gasteiger partial charge is 0.469 e. The van der Waals surface area contributed by atoms with Crippen LogP contribution in [0.2, 0.25) is 0 Å². The molecule has 0 aromatic rings. The summed E-state index contributed by atoms with van der Waals surface area (Å²) in [5, 5.41) is 0. The number of carbonyl (C=O) groups excluding carboxylic acids is 6. The van der Waals surface area contributed by atoms with Crippen LogP contribution < -0.4 is 0 Å². The van der Waals surface area contributed by atoms with Crippen LogP contribution in [0.1, 0.15) is 178 Å². The van der Waals surface area contributed by atoms with Gasteiger partial charge in [0.15, 0.2) is 11.6 Å². The predicted octanol–water partition coefficient (Wildman–Crippen LogP) is 11.6. The van der Waals surface area contributed by atoms with Crippen molar-refractivity contribution in [3.8, 4) is 0 Å². The molecule has 2 unspecified atom stereocenters. The number of methoxy groups -OCH3 is 2. The zero-order valence-electron chi connectivity index (χ0n) is 44.1. The summed E-state index contributed by atoms with van der Waals surface area (Å²) in [5.41, 5.74) is -0.122. The summed E-state index contributed by atoms with van der Waals surface area (Å²) in [5.74, 6) is -0.439. The van der Waals surface area contributed by atoms with E-state index < -0.39 is 23.9 Å². The van der Waals surface area contributed by atoms with Crippen molar-refractivity contribution >= 4 is 35.3 Å². The molecule has 0 aromatic heterocycles. The third-order valence-electron chi connectivity index (χ3n) is 17.9. The van der Waals surface area contributed by atoms with E-state index in [0.29, 0.717) is 37.8 Å². The number of piperidine rings is 2. The minimum atomic E-state index is -0.450. The van der Waals surface area contributed by atoms with Gasteiger partial charge in [-0.05, 0) is 122 Å². The average molecular weight is 933 g/mol. The highest BCUT2D eigenvalue weighted by molar-refractivity contribution is 5.95. The van der Waals surface area contributed by atoms with Crippen molar-refractivity contribution < 1.29 is 38.2 Å². The maximum Gasteiger partial charge on any atom is 0.309 e. The van der Waals surface area contributed by atoms with Crippen molar-refractivity contribution in [1.29, 1.82) is 0 Å². The maximum absolute atomic E-state index is 13.7. The quantitative estimate of drug-likeness (QED) is 0.0801. The molecule has 2 saturated carbocycles. The number of carbonyl (C=O) groups is 6. The van der Waals surface area contributed by atoms with Gasteiger partial charge >= 0.3 is 11.9 Å². The summed E-state index contributed by atoms with van der Waals surface area (Å²) in [4.78, 5) is 83.3. The van der Waals surface area contributed by atoms with Crippen LogP contribution in [0.25, 0.3) is 0 Å². The highest BCUT2D eigenvalue weighted by Crippen LogP contribution is 2.66. The first kappa shape index (κ1) is 56.0. The molecule has 0 spiro atoms. The Bertz CT molecular complexity index is 1790. The predicted molar refractivity (Wildman–Crippen MR) is 267 cm³/mol. The number of rotatable bonds is 17. The lowest BCUT2D eigenvalue weighted by Gasteiger charge is -2.38. The van der Waals surface area contributed by atoms with Crippen LogP contribution in [-0.4, -0.2) is 84.5 Å². The third-order valence-corrected chi connectivity index (χ3v) is 17.9. The monoisotopic (exact) mass is 933 g/mol. The van der Waals surface area contributed by atoms with E-state index in [1.54, 1.807) is 0 Å². The van der Waals surface area contributed by atoms with Crippen molar-refractivity contribution in [2.45, 2.75) is 190 Å². The van der Waals surface area contributed by atoms with Gasteiger partial charge in [0.2, 0.25) is 11.8 Å². The molecule has 3 heterocycles. The Hall–Kier alpha value is -3.56. The van der Waals surface area contributed by atoms with Crippen molar-refractivity contribution in [1.82, 2.24) is 9.80 Å². The van der Waals surface area contributed by atoms with Gasteiger partial charge in [0.1, 0.15) is 0 Å². The molecule has 378 valence electrons. The number of hydrogen-bond acceptors (Lipinski definition) is 8. The van der Waals surface area contributed by atoms with Gasteiger partial charge < -0.3 is 19.3 Å². The minimum Gasteiger partial charge on any atom is -0.469 e. The molecule has 10 atom stereocenters. The number of ketones is 2. The number of unbranched alkanes of at least 4 members (excludes halogenated alkanes) is 4. The van der Waals surface area contributed by atoms with Gasteiger partial charge in [-0.1, -0.05) is 113 Å². The van der Waals surface area contributed by atoms with E-state index in [1.807, 2.05) is 35.8 Å². The number of fused-ring (bicyclic) bond motifs is 4. The van der Waals surface area contributed by atoms with Gasteiger partial charge in [0, 0.05) is 37.8 Å². The minimum absolute atomic E-state index is 0.0199. The van der Waals surface area contributed by atoms with E-state index in [0.717, 1.165) is 83.5 Å².